The molecule has 0 aromatic heterocycles. The molecule has 2 aliphatic heterocycles. The Morgan fingerprint density at radius 1 is 1.10 bits per heavy atom. The van der Waals surface area contributed by atoms with E-state index in [4.69, 9.17) is 0 Å². The van der Waals surface area contributed by atoms with Crippen molar-refractivity contribution >= 4 is 83.4 Å². The summed E-state index contributed by atoms with van der Waals surface area (Å²) in [6.07, 6.45) is 7.86. The lowest BCUT2D eigenvalue weighted by Crippen LogP contribution is -2.32. The highest BCUT2D eigenvalue weighted by Crippen LogP contribution is 2.35. The Bertz CT molecular complexity index is 621. The predicted octanol–water partition coefficient (Wildman–Crippen LogP) is 4.32. The van der Waals surface area contributed by atoms with Crippen LogP contribution in [0.15, 0.2) is 29.8 Å². The lowest BCUT2D eigenvalue weighted by Gasteiger charge is -2.26. The summed E-state index contributed by atoms with van der Waals surface area (Å²) in [5.74, 6) is 0.158. The average molecular weight is 529 g/mol. The third-order valence-electron chi connectivity index (χ3n) is 3.35. The van der Waals surface area contributed by atoms with Gasteiger partial charge in [0.15, 0.2) is 5.78 Å². The van der Waals surface area contributed by atoms with E-state index in [1.165, 1.54) is 23.6 Å². The molecule has 0 amide bonds. The van der Waals surface area contributed by atoms with Crippen LogP contribution < -0.4 is 0 Å². The van der Waals surface area contributed by atoms with Crippen molar-refractivity contribution < 1.29 is 4.79 Å². The van der Waals surface area contributed by atoms with Crippen LogP contribution in [0.2, 0.25) is 0 Å². The molecule has 3 aliphatic rings. The molecule has 0 saturated carbocycles. The molecule has 3 rings (SSSR count). The van der Waals surface area contributed by atoms with Crippen molar-refractivity contribution in [3.63, 3.8) is 0 Å². The molecule has 0 radical (unpaired) electrons. The Labute approximate surface area is 153 Å². The van der Waals surface area contributed by atoms with Gasteiger partial charge >= 0.3 is 0 Å². The summed E-state index contributed by atoms with van der Waals surface area (Å²) < 4.78 is 3.27. The molecule has 1 fully saturated rings. The molecule has 6 heteroatoms. The summed E-state index contributed by atoms with van der Waals surface area (Å²) in [5, 5.41) is 2.14. The first-order chi connectivity index (χ1) is 9.65. The van der Waals surface area contributed by atoms with Crippen molar-refractivity contribution in [2.75, 3.05) is 13.1 Å². The average Bonchev–Trinajstić information content (AvgIpc) is 2.93. The SMILES string of the molecule is O=C1C(I)=CC(I)=CC1=C1C=S=C(N2CCCCC2)S1. The fourth-order valence-corrected chi connectivity index (χ4v) is 6.54. The van der Waals surface area contributed by atoms with Gasteiger partial charge < -0.3 is 0 Å². The minimum absolute atomic E-state index is 0.158. The molecule has 20 heavy (non-hydrogen) atoms. The summed E-state index contributed by atoms with van der Waals surface area (Å²) in [6, 6.07) is 0. The molecule has 0 N–H and O–H groups in total. The highest BCUT2D eigenvalue weighted by molar-refractivity contribution is 14.1. The molecule has 1 saturated heterocycles. The summed E-state index contributed by atoms with van der Waals surface area (Å²) >= 11 is 6.17. The molecule has 0 atom stereocenters. The van der Waals surface area contributed by atoms with E-state index in [1.54, 1.807) is 22.7 Å². The van der Waals surface area contributed by atoms with Crippen molar-refractivity contribution in [3.05, 3.63) is 29.8 Å². The summed E-state index contributed by atoms with van der Waals surface area (Å²) in [5.41, 5.74) is 0.853. The van der Waals surface area contributed by atoms with E-state index in [-0.39, 0.29) is 5.78 Å². The zero-order valence-electron chi connectivity index (χ0n) is 10.7. The second kappa shape index (κ2) is 6.80. The van der Waals surface area contributed by atoms with Gasteiger partial charge in [-0.05, 0) is 70.2 Å². The van der Waals surface area contributed by atoms with Gasteiger partial charge in [-0.3, -0.25) is 9.69 Å². The highest BCUT2D eigenvalue weighted by Gasteiger charge is 2.24. The normalized spacial score (nSPS) is 27.9. The largest absolute Gasteiger partial charge is 0.288 e. The Morgan fingerprint density at radius 2 is 1.85 bits per heavy atom. The number of carbonyl (C=O) groups excluding carboxylic acids is 1. The van der Waals surface area contributed by atoms with Crippen molar-refractivity contribution in [2.24, 2.45) is 0 Å². The van der Waals surface area contributed by atoms with Crippen LogP contribution in [-0.2, 0) is 4.79 Å². The van der Waals surface area contributed by atoms with Crippen LogP contribution in [0, 0.1) is 0 Å². The van der Waals surface area contributed by atoms with Crippen molar-refractivity contribution in [1.29, 1.82) is 0 Å². The van der Waals surface area contributed by atoms with Gasteiger partial charge in [0.05, 0.1) is 3.58 Å². The number of hydrogen-bond donors (Lipinski definition) is 0. The van der Waals surface area contributed by atoms with Crippen LogP contribution in [-0.4, -0.2) is 33.5 Å². The second-order valence-electron chi connectivity index (χ2n) is 4.78. The van der Waals surface area contributed by atoms with Crippen molar-refractivity contribution in [1.82, 2.24) is 4.90 Å². The zero-order valence-corrected chi connectivity index (χ0v) is 16.6. The van der Waals surface area contributed by atoms with Gasteiger partial charge in [-0.25, -0.2) is 0 Å². The molecule has 2 heterocycles. The van der Waals surface area contributed by atoms with Gasteiger partial charge in [-0.1, -0.05) is 18.2 Å². The van der Waals surface area contributed by atoms with E-state index in [0.717, 1.165) is 30.7 Å². The van der Waals surface area contributed by atoms with E-state index >= 15 is 0 Å². The fourth-order valence-electron chi connectivity index (χ4n) is 2.32. The van der Waals surface area contributed by atoms with Gasteiger partial charge in [0, 0.05) is 32.5 Å². The number of likely N-dealkylation sites (tertiary alicyclic amines) is 1. The van der Waals surface area contributed by atoms with E-state index in [1.807, 2.05) is 12.2 Å². The zero-order chi connectivity index (χ0) is 14.1. The Morgan fingerprint density at radius 3 is 2.60 bits per heavy atom. The second-order valence-corrected chi connectivity index (χ2v) is 9.33. The summed E-state index contributed by atoms with van der Waals surface area (Å²) in [4.78, 5) is 15.9. The van der Waals surface area contributed by atoms with E-state index in [9.17, 15) is 4.79 Å². The molecule has 106 valence electrons. The molecule has 0 unspecified atom stereocenters. The highest BCUT2D eigenvalue weighted by atomic mass is 127. The lowest BCUT2D eigenvalue weighted by atomic mass is 10.1. The number of nitrogens with zero attached hydrogens (tertiary/aromatic N) is 1. The van der Waals surface area contributed by atoms with Crippen molar-refractivity contribution in [2.45, 2.75) is 19.3 Å². The van der Waals surface area contributed by atoms with Crippen LogP contribution in [0.1, 0.15) is 19.3 Å². The van der Waals surface area contributed by atoms with Gasteiger partial charge in [0.2, 0.25) is 0 Å². The molecule has 0 spiro atoms. The molecule has 2 nitrogen and oxygen atoms in total. The number of thioether (sulfide) groups is 1. The number of Topliss-reactive ketones (excluding diaryl/α,β-unsaturated/α-hetero) is 1. The van der Waals surface area contributed by atoms with Crippen LogP contribution in [0.5, 0.6) is 0 Å². The maximum atomic E-state index is 12.3. The van der Waals surface area contributed by atoms with Gasteiger partial charge in [-0.15, -0.1) is 10.9 Å². The summed E-state index contributed by atoms with van der Waals surface area (Å²) in [7, 11) is 1.77. The topological polar surface area (TPSA) is 20.3 Å². The van der Waals surface area contributed by atoms with Crippen LogP contribution >= 0.6 is 67.9 Å². The van der Waals surface area contributed by atoms with Gasteiger partial charge in [-0.2, -0.15) is 0 Å². The van der Waals surface area contributed by atoms with Crippen LogP contribution in [0.3, 0.4) is 0 Å². The van der Waals surface area contributed by atoms with E-state index in [0.29, 0.717) is 0 Å². The van der Waals surface area contributed by atoms with Crippen LogP contribution in [0.4, 0.5) is 0 Å². The maximum Gasteiger partial charge on any atom is 0.200 e. The first-order valence-electron chi connectivity index (χ1n) is 6.48. The van der Waals surface area contributed by atoms with Gasteiger partial charge in [0.1, 0.15) is 4.32 Å². The number of ketones is 1. The maximum absolute atomic E-state index is 12.3. The quantitative estimate of drug-likeness (QED) is 0.265. The third kappa shape index (κ3) is 3.34. The Balaban J connectivity index is 1.82. The minimum atomic E-state index is 0.158. The number of allylic oxidation sites excluding steroid dienone is 6. The first kappa shape index (κ1) is 15.5. The minimum Gasteiger partial charge on any atom is -0.288 e. The molecular formula is C14H13I2NOS2. The van der Waals surface area contributed by atoms with Crippen molar-refractivity contribution in [3.8, 4) is 0 Å². The first-order valence-corrected chi connectivity index (χ1v) is 10.3. The number of halogens is 2. The molecule has 0 bridgehead atoms. The Kier molecular flexibility index (Phi) is 5.28. The number of piperidine rings is 1. The standard InChI is InChI=1S/C14H13I2NOS2/c15-9-6-10(13(18)11(16)7-9)12-8-19-14(20-12)17-4-2-1-3-5-17/h6-8H,1-5H2. The summed E-state index contributed by atoms with van der Waals surface area (Å²) in [6.45, 7) is 2.31. The number of hydrogen-bond acceptors (Lipinski definition) is 3. The molecule has 1 aliphatic carbocycles. The van der Waals surface area contributed by atoms with Crippen LogP contribution in [0.25, 0.3) is 0 Å². The monoisotopic (exact) mass is 529 g/mol. The number of rotatable bonds is 0. The third-order valence-corrected chi connectivity index (χ3v) is 7.27. The lowest BCUT2D eigenvalue weighted by molar-refractivity contribution is -0.111. The van der Waals surface area contributed by atoms with Gasteiger partial charge in [0.25, 0.3) is 0 Å². The van der Waals surface area contributed by atoms with E-state index < -0.39 is 0 Å². The smallest absolute Gasteiger partial charge is 0.200 e. The molecular weight excluding hydrogens is 516 g/mol. The number of carbonyl (C=O) groups is 1. The van der Waals surface area contributed by atoms with E-state index in [2.05, 4.69) is 55.4 Å². The molecule has 0 aromatic rings. The molecule has 0 aromatic carbocycles. The Hall–Kier alpha value is 0.620. The fraction of sp³-hybridized carbons (Fsp3) is 0.357. The predicted molar refractivity (Wildman–Crippen MR) is 108 cm³/mol.